The number of rotatable bonds is 4. The molecule has 3 heterocycles. The molecule has 2 saturated carbocycles. The third kappa shape index (κ3) is 2.34. The molecule has 0 aromatic carbocycles. The second kappa shape index (κ2) is 7.15. The van der Waals surface area contributed by atoms with Crippen LogP contribution < -0.4 is 0 Å². The van der Waals surface area contributed by atoms with Crippen LogP contribution in [0.1, 0.15) is 47.5 Å². The van der Waals surface area contributed by atoms with E-state index in [0.717, 1.165) is 0 Å². The third-order valence-corrected chi connectivity index (χ3v) is 9.35. The lowest BCUT2D eigenvalue weighted by atomic mass is 9.51. The van der Waals surface area contributed by atoms with Crippen LogP contribution in [-0.2, 0) is 42.8 Å². The first-order valence-electron chi connectivity index (χ1n) is 11.9. The van der Waals surface area contributed by atoms with Crippen molar-refractivity contribution in [3.05, 3.63) is 0 Å². The lowest BCUT2D eigenvalue weighted by Gasteiger charge is -2.48. The summed E-state index contributed by atoms with van der Waals surface area (Å²) in [5.74, 6) is -3.03. The number of aliphatic hydroxyl groups is 1. The molecule has 34 heavy (non-hydrogen) atoms. The van der Waals surface area contributed by atoms with Crippen LogP contribution in [-0.4, -0.2) is 73.7 Å². The normalized spacial score (nSPS) is 49.3. The molecule has 2 aliphatic carbocycles. The van der Waals surface area contributed by atoms with E-state index >= 15 is 0 Å². The Hall–Kier alpha value is -1.75. The predicted molar refractivity (Wildman–Crippen MR) is 113 cm³/mol. The Bertz CT molecular complexity index is 927. The van der Waals surface area contributed by atoms with E-state index < -0.39 is 88.4 Å². The van der Waals surface area contributed by atoms with Crippen molar-refractivity contribution in [1.29, 1.82) is 0 Å². The van der Waals surface area contributed by atoms with Gasteiger partial charge in [0.15, 0.2) is 12.4 Å². The van der Waals surface area contributed by atoms with E-state index in [-0.39, 0.29) is 0 Å². The summed E-state index contributed by atoms with van der Waals surface area (Å²) in [5.41, 5.74) is -3.97. The predicted octanol–water partition coefficient (Wildman–Crippen LogP) is 1.17. The fourth-order valence-electron chi connectivity index (χ4n) is 8.81. The monoisotopic (exact) mass is 482 g/mol. The number of carbonyl (C=O) groups is 3. The average molecular weight is 483 g/mol. The minimum atomic E-state index is -1.42. The first kappa shape index (κ1) is 24.0. The van der Waals surface area contributed by atoms with Gasteiger partial charge >= 0.3 is 17.9 Å². The zero-order valence-electron chi connectivity index (χ0n) is 20.7. The van der Waals surface area contributed by atoms with Gasteiger partial charge in [0.1, 0.15) is 17.8 Å². The Labute approximate surface area is 198 Å². The van der Waals surface area contributed by atoms with Gasteiger partial charge in [-0.2, -0.15) is 0 Å². The maximum absolute atomic E-state index is 13.1. The van der Waals surface area contributed by atoms with Crippen molar-refractivity contribution in [1.82, 2.24) is 0 Å². The van der Waals surface area contributed by atoms with Gasteiger partial charge in [-0.15, -0.1) is 0 Å². The van der Waals surface area contributed by atoms with Crippen LogP contribution in [0.3, 0.4) is 0 Å². The molecular weight excluding hydrogens is 448 g/mol. The van der Waals surface area contributed by atoms with Gasteiger partial charge < -0.3 is 33.5 Å². The molecule has 0 aromatic rings. The highest BCUT2D eigenvalue weighted by atomic mass is 16.8. The van der Waals surface area contributed by atoms with Crippen LogP contribution in [0.4, 0.5) is 0 Å². The van der Waals surface area contributed by atoms with E-state index in [2.05, 4.69) is 0 Å². The molecule has 2 spiro atoms. The van der Waals surface area contributed by atoms with Gasteiger partial charge in [0.2, 0.25) is 6.29 Å². The van der Waals surface area contributed by atoms with Crippen molar-refractivity contribution in [3.63, 3.8) is 0 Å². The summed E-state index contributed by atoms with van der Waals surface area (Å²) in [6.45, 7) is 9.10. The van der Waals surface area contributed by atoms with E-state index in [1.54, 1.807) is 6.92 Å². The molecule has 0 aromatic heterocycles. The molecule has 0 radical (unpaired) electrons. The van der Waals surface area contributed by atoms with E-state index in [9.17, 15) is 19.5 Å². The number of hydrogen-bond acceptors (Lipinski definition) is 10. The lowest BCUT2D eigenvalue weighted by molar-refractivity contribution is -0.253. The number of methoxy groups -OCH3 is 2. The van der Waals surface area contributed by atoms with Crippen LogP contribution in [0.25, 0.3) is 0 Å². The third-order valence-electron chi connectivity index (χ3n) is 9.35. The van der Waals surface area contributed by atoms with E-state index in [0.29, 0.717) is 12.8 Å². The van der Waals surface area contributed by atoms with Crippen molar-refractivity contribution in [2.75, 3.05) is 14.2 Å². The van der Waals surface area contributed by atoms with Crippen molar-refractivity contribution < 1.29 is 47.9 Å². The van der Waals surface area contributed by atoms with Gasteiger partial charge in [-0.25, -0.2) is 4.79 Å². The van der Waals surface area contributed by atoms with Crippen molar-refractivity contribution >= 4 is 17.9 Å². The molecule has 5 aliphatic rings. The van der Waals surface area contributed by atoms with E-state index in [1.165, 1.54) is 21.1 Å². The summed E-state index contributed by atoms with van der Waals surface area (Å²) in [4.78, 5) is 38.0. The molecule has 0 amide bonds. The highest BCUT2D eigenvalue weighted by Crippen LogP contribution is 2.84. The van der Waals surface area contributed by atoms with E-state index in [4.69, 9.17) is 28.4 Å². The summed E-state index contributed by atoms with van der Waals surface area (Å²) in [5, 5.41) is 11.4. The summed E-state index contributed by atoms with van der Waals surface area (Å²) in [6.07, 6.45) is -4.05. The fourth-order valence-corrected chi connectivity index (χ4v) is 8.81. The fraction of sp³-hybridized carbons (Fsp3) is 0.875. The Morgan fingerprint density at radius 1 is 1.24 bits per heavy atom. The van der Waals surface area contributed by atoms with Crippen LogP contribution in [0.2, 0.25) is 0 Å². The van der Waals surface area contributed by atoms with Gasteiger partial charge in [0.05, 0.1) is 23.9 Å². The molecule has 5 fully saturated rings. The highest BCUT2D eigenvalue weighted by molar-refractivity contribution is 5.80. The average Bonchev–Trinajstić information content (AvgIpc) is 3.41. The van der Waals surface area contributed by atoms with Crippen LogP contribution in [0, 0.1) is 34.0 Å². The second-order valence-corrected chi connectivity index (χ2v) is 11.5. The molecule has 0 bridgehead atoms. The standard InChI is InChI=1S/C24H34O10/c1-10(17(26)30-7)12-8-9-22-15-13(31-11(2)25)14(21(3,4)5)23(22)16(29-6)18(27)33-20(23)34-24(12,22)19(28)32-15/h10,12-16,19-20,28H,8-9H2,1-7H3/t10?,12-,13-,14+,15?,16+,19?,20?,22?,23?,24?/m1/s1. The van der Waals surface area contributed by atoms with Crippen molar-refractivity contribution in [3.8, 4) is 0 Å². The molecule has 10 nitrogen and oxygen atoms in total. The maximum atomic E-state index is 13.1. The number of aliphatic hydroxyl groups excluding tert-OH is 1. The van der Waals surface area contributed by atoms with Gasteiger partial charge in [-0.3, -0.25) is 9.59 Å². The molecular formula is C24H34O10. The molecule has 1 N–H and O–H groups in total. The number of carbonyl (C=O) groups excluding carboxylic acids is 3. The summed E-state index contributed by atoms with van der Waals surface area (Å²) in [7, 11) is 2.77. The van der Waals surface area contributed by atoms with Crippen LogP contribution in [0.5, 0.6) is 0 Å². The van der Waals surface area contributed by atoms with E-state index in [1.807, 2.05) is 20.8 Å². The SMILES string of the molecule is COC(=O)C(C)[C@H]1CCC23C4OC(O)C12OC1OC(=O)[C@H](OC)C13[C@H](C(C)(C)C)[C@H]4OC(C)=O. The summed E-state index contributed by atoms with van der Waals surface area (Å²) >= 11 is 0. The molecule has 5 rings (SSSR count). The molecule has 10 heteroatoms. The maximum Gasteiger partial charge on any atom is 0.338 e. The van der Waals surface area contributed by atoms with Gasteiger partial charge in [-0.05, 0) is 18.3 Å². The summed E-state index contributed by atoms with van der Waals surface area (Å²) < 4.78 is 35.4. The largest absolute Gasteiger partial charge is 0.469 e. The minimum Gasteiger partial charge on any atom is -0.469 e. The molecule has 190 valence electrons. The van der Waals surface area contributed by atoms with Gasteiger partial charge in [-0.1, -0.05) is 27.7 Å². The lowest BCUT2D eigenvalue weighted by Crippen LogP contribution is -2.60. The Morgan fingerprint density at radius 2 is 1.91 bits per heavy atom. The van der Waals surface area contributed by atoms with Crippen molar-refractivity contribution in [2.45, 2.75) is 84.0 Å². The van der Waals surface area contributed by atoms with Crippen molar-refractivity contribution in [2.24, 2.45) is 34.0 Å². The number of ether oxygens (including phenoxy) is 6. The minimum absolute atomic E-state index is 0.427. The molecule has 7 unspecified atom stereocenters. The first-order valence-corrected chi connectivity index (χ1v) is 11.9. The highest BCUT2D eigenvalue weighted by Gasteiger charge is 2.97. The molecule has 3 aliphatic heterocycles. The molecule has 3 saturated heterocycles. The van der Waals surface area contributed by atoms with Crippen LogP contribution in [0.15, 0.2) is 0 Å². The van der Waals surface area contributed by atoms with Crippen LogP contribution >= 0.6 is 0 Å². The Morgan fingerprint density at radius 3 is 2.47 bits per heavy atom. The zero-order chi connectivity index (χ0) is 25.0. The zero-order valence-corrected chi connectivity index (χ0v) is 20.7. The Kier molecular flexibility index (Phi) is 5.04. The quantitative estimate of drug-likeness (QED) is 0.461. The van der Waals surface area contributed by atoms with Gasteiger partial charge in [0, 0.05) is 25.9 Å². The smallest absolute Gasteiger partial charge is 0.338 e. The Balaban J connectivity index is 1.80. The number of esters is 3. The second-order valence-electron chi connectivity index (χ2n) is 11.5. The molecule has 11 atom stereocenters. The summed E-state index contributed by atoms with van der Waals surface area (Å²) in [6, 6.07) is 0. The first-order chi connectivity index (χ1) is 15.9. The number of hydrogen-bond donors (Lipinski definition) is 1. The topological polar surface area (TPSA) is 127 Å². The van der Waals surface area contributed by atoms with Gasteiger partial charge in [0.25, 0.3) is 0 Å².